The van der Waals surface area contributed by atoms with Crippen molar-refractivity contribution in [3.63, 3.8) is 0 Å². The number of hydrogen-bond donors (Lipinski definition) is 2. The molecule has 0 aliphatic carbocycles. The van der Waals surface area contributed by atoms with Crippen LogP contribution in [-0.2, 0) is 11.3 Å². The molecule has 0 saturated heterocycles. The fourth-order valence-corrected chi connectivity index (χ4v) is 1.41. The minimum atomic E-state index is -0.0390. The van der Waals surface area contributed by atoms with Crippen molar-refractivity contribution >= 4 is 11.6 Å². The molecule has 0 spiro atoms. The van der Waals surface area contributed by atoms with E-state index in [-0.39, 0.29) is 5.91 Å². The Bertz CT molecular complexity index is 333. The lowest BCUT2D eigenvalue weighted by atomic mass is 10.2. The van der Waals surface area contributed by atoms with Crippen LogP contribution < -0.4 is 11.1 Å². The third-order valence-corrected chi connectivity index (χ3v) is 2.11. The first-order valence-electron chi connectivity index (χ1n) is 5.35. The molecule has 0 fully saturated rings. The molecule has 1 amide bonds. The largest absolute Gasteiger partial charge is 0.330 e. The highest BCUT2D eigenvalue weighted by atomic mass is 16.1. The van der Waals surface area contributed by atoms with Crippen molar-refractivity contribution in [3.05, 3.63) is 29.8 Å². The van der Waals surface area contributed by atoms with Gasteiger partial charge in [-0.3, -0.25) is 4.79 Å². The SMILES string of the molecule is CN(C)Cc1ccc(NC(=O)CCN)cc1. The number of rotatable bonds is 5. The second-order valence-electron chi connectivity index (χ2n) is 4.02. The number of hydrogen-bond acceptors (Lipinski definition) is 3. The number of benzene rings is 1. The monoisotopic (exact) mass is 221 g/mol. The van der Waals surface area contributed by atoms with E-state index in [9.17, 15) is 4.79 Å². The number of carbonyl (C=O) groups is 1. The van der Waals surface area contributed by atoms with Crippen molar-refractivity contribution in [2.24, 2.45) is 5.73 Å². The molecule has 0 unspecified atom stereocenters. The lowest BCUT2D eigenvalue weighted by Crippen LogP contribution is -2.16. The van der Waals surface area contributed by atoms with E-state index in [1.807, 2.05) is 38.4 Å². The summed E-state index contributed by atoms with van der Waals surface area (Å²) in [5.74, 6) is -0.0390. The van der Waals surface area contributed by atoms with Gasteiger partial charge in [-0.05, 0) is 31.8 Å². The Hall–Kier alpha value is -1.39. The highest BCUT2D eigenvalue weighted by Gasteiger charge is 2.01. The quantitative estimate of drug-likeness (QED) is 0.781. The lowest BCUT2D eigenvalue weighted by molar-refractivity contribution is -0.116. The molecule has 0 atom stereocenters. The molecule has 16 heavy (non-hydrogen) atoms. The number of nitrogens with two attached hydrogens (primary N) is 1. The van der Waals surface area contributed by atoms with Crippen molar-refractivity contribution in [2.45, 2.75) is 13.0 Å². The zero-order chi connectivity index (χ0) is 12.0. The third kappa shape index (κ3) is 4.42. The van der Waals surface area contributed by atoms with E-state index in [1.165, 1.54) is 5.56 Å². The molecule has 88 valence electrons. The molecular weight excluding hydrogens is 202 g/mol. The number of carbonyl (C=O) groups excluding carboxylic acids is 1. The summed E-state index contributed by atoms with van der Waals surface area (Å²) in [5, 5.41) is 2.79. The van der Waals surface area contributed by atoms with Crippen LogP contribution in [0.4, 0.5) is 5.69 Å². The van der Waals surface area contributed by atoms with Gasteiger partial charge in [0.15, 0.2) is 0 Å². The van der Waals surface area contributed by atoms with E-state index in [0.29, 0.717) is 13.0 Å². The van der Waals surface area contributed by atoms with Gasteiger partial charge in [-0.25, -0.2) is 0 Å². The minimum Gasteiger partial charge on any atom is -0.330 e. The molecule has 1 aromatic rings. The summed E-state index contributed by atoms with van der Waals surface area (Å²) < 4.78 is 0. The first kappa shape index (κ1) is 12.7. The van der Waals surface area contributed by atoms with Gasteiger partial charge in [-0.1, -0.05) is 12.1 Å². The smallest absolute Gasteiger partial charge is 0.225 e. The predicted octanol–water partition coefficient (Wildman–Crippen LogP) is 1.04. The van der Waals surface area contributed by atoms with Crippen molar-refractivity contribution in [1.82, 2.24) is 4.90 Å². The maximum atomic E-state index is 11.3. The van der Waals surface area contributed by atoms with Crippen LogP contribution >= 0.6 is 0 Å². The molecule has 0 heterocycles. The van der Waals surface area contributed by atoms with E-state index in [4.69, 9.17) is 5.73 Å². The van der Waals surface area contributed by atoms with Crippen LogP contribution in [-0.4, -0.2) is 31.4 Å². The number of amides is 1. The average molecular weight is 221 g/mol. The van der Waals surface area contributed by atoms with E-state index >= 15 is 0 Å². The molecular formula is C12H19N3O. The van der Waals surface area contributed by atoms with Gasteiger partial charge in [0.25, 0.3) is 0 Å². The molecule has 0 radical (unpaired) electrons. The molecule has 0 bridgehead atoms. The molecule has 3 N–H and O–H groups in total. The second-order valence-corrected chi connectivity index (χ2v) is 4.02. The summed E-state index contributed by atoms with van der Waals surface area (Å²) in [6, 6.07) is 7.84. The predicted molar refractivity (Wildman–Crippen MR) is 66.1 cm³/mol. The van der Waals surface area contributed by atoms with Crippen LogP contribution in [0.15, 0.2) is 24.3 Å². The maximum absolute atomic E-state index is 11.3. The Kier molecular flexibility index (Phi) is 4.95. The van der Waals surface area contributed by atoms with Gasteiger partial charge in [0.1, 0.15) is 0 Å². The van der Waals surface area contributed by atoms with Gasteiger partial charge < -0.3 is 16.0 Å². The number of nitrogens with zero attached hydrogens (tertiary/aromatic N) is 1. The summed E-state index contributed by atoms with van der Waals surface area (Å²) in [6.07, 6.45) is 0.361. The summed E-state index contributed by atoms with van der Waals surface area (Å²) in [5.41, 5.74) is 7.34. The van der Waals surface area contributed by atoms with Crippen molar-refractivity contribution in [1.29, 1.82) is 0 Å². The Balaban J connectivity index is 2.54. The van der Waals surface area contributed by atoms with Gasteiger partial charge in [-0.15, -0.1) is 0 Å². The summed E-state index contributed by atoms with van der Waals surface area (Å²) in [6.45, 7) is 1.28. The van der Waals surface area contributed by atoms with Gasteiger partial charge >= 0.3 is 0 Å². The number of anilines is 1. The lowest BCUT2D eigenvalue weighted by Gasteiger charge is -2.10. The topological polar surface area (TPSA) is 58.4 Å². The first-order chi connectivity index (χ1) is 7.61. The molecule has 4 heteroatoms. The van der Waals surface area contributed by atoms with Crippen LogP contribution in [0.5, 0.6) is 0 Å². The van der Waals surface area contributed by atoms with Gasteiger partial charge in [0.2, 0.25) is 5.91 Å². The van der Waals surface area contributed by atoms with Gasteiger partial charge in [0.05, 0.1) is 0 Å². The highest BCUT2D eigenvalue weighted by molar-refractivity contribution is 5.90. The zero-order valence-electron chi connectivity index (χ0n) is 9.86. The van der Waals surface area contributed by atoms with Crippen LogP contribution in [0.2, 0.25) is 0 Å². The third-order valence-electron chi connectivity index (χ3n) is 2.11. The van der Waals surface area contributed by atoms with Crippen LogP contribution in [0.1, 0.15) is 12.0 Å². The molecule has 0 aromatic heterocycles. The average Bonchev–Trinajstić information content (AvgIpc) is 2.20. The molecule has 0 saturated carbocycles. The van der Waals surface area contributed by atoms with E-state index in [2.05, 4.69) is 10.2 Å². The summed E-state index contributed by atoms with van der Waals surface area (Å²) >= 11 is 0. The highest BCUT2D eigenvalue weighted by Crippen LogP contribution is 2.10. The van der Waals surface area contributed by atoms with E-state index < -0.39 is 0 Å². The second kappa shape index (κ2) is 6.25. The molecule has 4 nitrogen and oxygen atoms in total. The van der Waals surface area contributed by atoms with Gasteiger partial charge in [-0.2, -0.15) is 0 Å². The Morgan fingerprint density at radius 1 is 1.31 bits per heavy atom. The molecule has 1 rings (SSSR count). The van der Waals surface area contributed by atoms with Crippen LogP contribution in [0.3, 0.4) is 0 Å². The van der Waals surface area contributed by atoms with Crippen LogP contribution in [0, 0.1) is 0 Å². The Labute approximate surface area is 96.4 Å². The first-order valence-corrected chi connectivity index (χ1v) is 5.35. The Morgan fingerprint density at radius 2 is 1.94 bits per heavy atom. The Morgan fingerprint density at radius 3 is 2.44 bits per heavy atom. The zero-order valence-corrected chi connectivity index (χ0v) is 9.86. The fraction of sp³-hybridized carbons (Fsp3) is 0.417. The summed E-state index contributed by atoms with van der Waals surface area (Å²) in [7, 11) is 4.05. The minimum absolute atomic E-state index is 0.0390. The standard InChI is InChI=1S/C12H19N3O/c1-15(2)9-10-3-5-11(6-4-10)14-12(16)7-8-13/h3-6H,7-9,13H2,1-2H3,(H,14,16). The summed E-state index contributed by atoms with van der Waals surface area (Å²) in [4.78, 5) is 13.4. The molecule has 0 aliphatic heterocycles. The van der Waals surface area contributed by atoms with Crippen molar-refractivity contribution in [3.8, 4) is 0 Å². The van der Waals surface area contributed by atoms with Crippen molar-refractivity contribution < 1.29 is 4.79 Å². The number of nitrogens with one attached hydrogen (secondary N) is 1. The van der Waals surface area contributed by atoms with E-state index in [1.54, 1.807) is 0 Å². The maximum Gasteiger partial charge on any atom is 0.225 e. The normalized spacial score (nSPS) is 10.5. The molecule has 1 aromatic carbocycles. The van der Waals surface area contributed by atoms with E-state index in [0.717, 1.165) is 12.2 Å². The fourth-order valence-electron chi connectivity index (χ4n) is 1.41. The van der Waals surface area contributed by atoms with Gasteiger partial charge in [0, 0.05) is 25.2 Å². The molecule has 0 aliphatic rings. The van der Waals surface area contributed by atoms with Crippen molar-refractivity contribution in [2.75, 3.05) is 26.0 Å². The van der Waals surface area contributed by atoms with Crippen LogP contribution in [0.25, 0.3) is 0 Å².